The van der Waals surface area contributed by atoms with Gasteiger partial charge in [0.2, 0.25) is 0 Å². The Morgan fingerprint density at radius 1 is 1.00 bits per heavy atom. The van der Waals surface area contributed by atoms with Crippen LogP contribution < -0.4 is 15.4 Å². The zero-order chi connectivity index (χ0) is 20.9. The van der Waals surface area contributed by atoms with Crippen LogP contribution in [-0.2, 0) is 20.9 Å². The number of carbonyl (C=O) groups is 3. The van der Waals surface area contributed by atoms with Gasteiger partial charge in [-0.2, -0.15) is 0 Å². The fourth-order valence-electron chi connectivity index (χ4n) is 2.14. The maximum Gasteiger partial charge on any atom is 0.331 e. The molecule has 150 valence electrons. The average Bonchev–Trinajstić information content (AvgIpc) is 2.74. The molecule has 0 aromatic heterocycles. The van der Waals surface area contributed by atoms with Crippen molar-refractivity contribution in [2.24, 2.45) is 0 Å². The molecule has 2 aromatic rings. The fourth-order valence-corrected chi connectivity index (χ4v) is 2.14. The Hall–Kier alpha value is -3.87. The first-order valence-electron chi connectivity index (χ1n) is 8.87. The SMILES string of the molecule is C=CCNC(=O)NC(=O)COC(=O)/C=C/c1ccc(OCc2ccccc2)cc1. The van der Waals surface area contributed by atoms with Gasteiger partial charge in [-0.15, -0.1) is 6.58 Å². The van der Waals surface area contributed by atoms with E-state index >= 15 is 0 Å². The summed E-state index contributed by atoms with van der Waals surface area (Å²) in [6.45, 7) is 3.56. The summed E-state index contributed by atoms with van der Waals surface area (Å²) in [4.78, 5) is 34.4. The van der Waals surface area contributed by atoms with E-state index in [1.807, 2.05) is 35.6 Å². The van der Waals surface area contributed by atoms with Crippen LogP contribution in [0.1, 0.15) is 11.1 Å². The molecule has 0 aliphatic carbocycles. The second-order valence-corrected chi connectivity index (χ2v) is 5.83. The highest BCUT2D eigenvalue weighted by Crippen LogP contribution is 2.15. The number of rotatable bonds is 9. The minimum absolute atomic E-state index is 0.220. The van der Waals surface area contributed by atoms with Crippen LogP contribution in [0.3, 0.4) is 0 Å². The van der Waals surface area contributed by atoms with Crippen molar-refractivity contribution in [1.29, 1.82) is 0 Å². The van der Waals surface area contributed by atoms with Crippen LogP contribution in [0.15, 0.2) is 73.3 Å². The largest absolute Gasteiger partial charge is 0.489 e. The predicted molar refractivity (Wildman–Crippen MR) is 109 cm³/mol. The molecule has 0 heterocycles. The second-order valence-electron chi connectivity index (χ2n) is 5.83. The monoisotopic (exact) mass is 394 g/mol. The number of amides is 3. The van der Waals surface area contributed by atoms with Crippen molar-refractivity contribution in [3.8, 4) is 5.75 Å². The highest BCUT2D eigenvalue weighted by molar-refractivity contribution is 5.96. The third-order valence-electron chi connectivity index (χ3n) is 3.55. The summed E-state index contributed by atoms with van der Waals surface area (Å²) < 4.78 is 10.5. The molecule has 0 radical (unpaired) electrons. The van der Waals surface area contributed by atoms with Crippen molar-refractivity contribution in [3.05, 3.63) is 84.5 Å². The van der Waals surface area contributed by atoms with Gasteiger partial charge < -0.3 is 14.8 Å². The van der Waals surface area contributed by atoms with Crippen LogP contribution in [0, 0.1) is 0 Å². The van der Waals surface area contributed by atoms with Gasteiger partial charge in [0.25, 0.3) is 5.91 Å². The van der Waals surface area contributed by atoms with Crippen LogP contribution in [-0.4, -0.2) is 31.1 Å². The molecular formula is C22H22N2O5. The fraction of sp³-hybridized carbons (Fsp3) is 0.136. The first kappa shape index (κ1) is 21.4. The number of ether oxygens (including phenoxy) is 2. The lowest BCUT2D eigenvalue weighted by atomic mass is 10.2. The van der Waals surface area contributed by atoms with E-state index in [4.69, 9.17) is 9.47 Å². The molecule has 0 spiro atoms. The molecule has 0 aliphatic rings. The van der Waals surface area contributed by atoms with Crippen molar-refractivity contribution in [1.82, 2.24) is 10.6 Å². The number of esters is 1. The van der Waals surface area contributed by atoms with Gasteiger partial charge in [-0.25, -0.2) is 9.59 Å². The summed E-state index contributed by atoms with van der Waals surface area (Å²) in [6.07, 6.45) is 4.22. The molecule has 29 heavy (non-hydrogen) atoms. The Labute approximate surface area is 169 Å². The highest BCUT2D eigenvalue weighted by Gasteiger charge is 2.08. The third kappa shape index (κ3) is 8.57. The minimum Gasteiger partial charge on any atom is -0.489 e. The summed E-state index contributed by atoms with van der Waals surface area (Å²) in [5, 5.41) is 4.39. The predicted octanol–water partition coefficient (Wildman–Crippen LogP) is 2.83. The lowest BCUT2D eigenvalue weighted by Crippen LogP contribution is -2.41. The molecule has 0 saturated carbocycles. The van der Waals surface area contributed by atoms with E-state index in [0.29, 0.717) is 12.4 Å². The number of nitrogens with one attached hydrogen (secondary N) is 2. The summed E-state index contributed by atoms with van der Waals surface area (Å²) in [5.74, 6) is -0.718. The molecule has 2 aromatic carbocycles. The number of hydrogen-bond acceptors (Lipinski definition) is 5. The van der Waals surface area contributed by atoms with E-state index in [1.165, 1.54) is 12.2 Å². The first-order chi connectivity index (χ1) is 14.1. The van der Waals surface area contributed by atoms with Gasteiger partial charge in [0.1, 0.15) is 12.4 Å². The zero-order valence-corrected chi connectivity index (χ0v) is 15.8. The van der Waals surface area contributed by atoms with E-state index in [9.17, 15) is 14.4 Å². The van der Waals surface area contributed by atoms with E-state index < -0.39 is 24.5 Å². The molecule has 0 saturated heterocycles. The summed E-state index contributed by atoms with van der Waals surface area (Å²) in [5.41, 5.74) is 1.84. The Kier molecular flexibility index (Phi) is 8.69. The molecule has 2 rings (SSSR count). The van der Waals surface area contributed by atoms with Gasteiger partial charge in [0.05, 0.1) is 0 Å². The Morgan fingerprint density at radius 2 is 1.72 bits per heavy atom. The normalized spacial score (nSPS) is 10.2. The maximum absolute atomic E-state index is 11.7. The smallest absolute Gasteiger partial charge is 0.331 e. The van der Waals surface area contributed by atoms with E-state index in [2.05, 4.69) is 11.9 Å². The molecule has 3 amide bonds. The second kappa shape index (κ2) is 11.8. The Balaban J connectivity index is 1.73. The molecule has 2 N–H and O–H groups in total. The first-order valence-corrected chi connectivity index (χ1v) is 8.87. The van der Waals surface area contributed by atoms with E-state index in [1.54, 1.807) is 30.3 Å². The van der Waals surface area contributed by atoms with Gasteiger partial charge in [-0.05, 0) is 29.3 Å². The van der Waals surface area contributed by atoms with Crippen LogP contribution >= 0.6 is 0 Å². The van der Waals surface area contributed by atoms with Crippen LogP contribution in [0.5, 0.6) is 5.75 Å². The van der Waals surface area contributed by atoms with Gasteiger partial charge in [0.15, 0.2) is 6.61 Å². The lowest BCUT2D eigenvalue weighted by Gasteiger charge is -2.06. The van der Waals surface area contributed by atoms with Crippen LogP contribution in [0.25, 0.3) is 6.08 Å². The summed E-state index contributed by atoms with van der Waals surface area (Å²) in [6, 6.07) is 16.3. The minimum atomic E-state index is -0.728. The topological polar surface area (TPSA) is 93.7 Å². The quantitative estimate of drug-likeness (QED) is 0.388. The molecule has 0 aliphatic heterocycles. The Morgan fingerprint density at radius 3 is 2.41 bits per heavy atom. The number of urea groups is 1. The zero-order valence-electron chi connectivity index (χ0n) is 15.8. The van der Waals surface area contributed by atoms with Crippen molar-refractivity contribution in [3.63, 3.8) is 0 Å². The van der Waals surface area contributed by atoms with Gasteiger partial charge in [-0.3, -0.25) is 10.1 Å². The van der Waals surface area contributed by atoms with Gasteiger partial charge in [-0.1, -0.05) is 48.5 Å². The van der Waals surface area contributed by atoms with Gasteiger partial charge >= 0.3 is 12.0 Å². The number of benzene rings is 2. The number of imide groups is 1. The summed E-state index contributed by atoms with van der Waals surface area (Å²) >= 11 is 0. The number of carbonyl (C=O) groups excluding carboxylic acids is 3. The van der Waals surface area contributed by atoms with Gasteiger partial charge in [0, 0.05) is 12.6 Å². The summed E-state index contributed by atoms with van der Waals surface area (Å²) in [7, 11) is 0. The standard InChI is InChI=1S/C22H22N2O5/c1-2-14-23-22(27)24-20(25)16-29-21(26)13-10-17-8-11-19(12-9-17)28-15-18-6-4-3-5-7-18/h2-13H,1,14-16H2,(H2,23,24,25,27)/b13-10+. The van der Waals surface area contributed by atoms with Crippen molar-refractivity contribution >= 4 is 24.0 Å². The van der Waals surface area contributed by atoms with E-state index in [-0.39, 0.29) is 6.54 Å². The molecular weight excluding hydrogens is 372 g/mol. The van der Waals surface area contributed by atoms with Crippen molar-refractivity contribution < 1.29 is 23.9 Å². The maximum atomic E-state index is 11.7. The Bertz CT molecular complexity index is 861. The highest BCUT2D eigenvalue weighted by atomic mass is 16.5. The van der Waals surface area contributed by atoms with Crippen LogP contribution in [0.2, 0.25) is 0 Å². The average molecular weight is 394 g/mol. The number of hydrogen-bond donors (Lipinski definition) is 2. The van der Waals surface area contributed by atoms with Crippen molar-refractivity contribution in [2.75, 3.05) is 13.2 Å². The third-order valence-corrected chi connectivity index (χ3v) is 3.55. The molecule has 0 bridgehead atoms. The van der Waals surface area contributed by atoms with E-state index in [0.717, 1.165) is 11.1 Å². The van der Waals surface area contributed by atoms with Crippen molar-refractivity contribution in [2.45, 2.75) is 6.61 Å². The molecule has 0 atom stereocenters. The molecule has 0 unspecified atom stereocenters. The van der Waals surface area contributed by atoms with Crippen LogP contribution in [0.4, 0.5) is 4.79 Å². The molecule has 7 heteroatoms. The molecule has 0 fully saturated rings. The lowest BCUT2D eigenvalue weighted by molar-refractivity contribution is -0.143. The molecule has 7 nitrogen and oxygen atoms in total.